The first kappa shape index (κ1) is 54.8. The van der Waals surface area contributed by atoms with E-state index in [9.17, 15) is 87.7 Å². The van der Waals surface area contributed by atoms with Crippen molar-refractivity contribution in [2.45, 2.75) is 112 Å². The number of carbonyl (C=O) groups excluding carboxylic acids is 6. The van der Waals surface area contributed by atoms with Gasteiger partial charge in [0, 0.05) is 58.0 Å². The monoisotopic (exact) mass is 978 g/mol. The fourth-order valence-corrected chi connectivity index (χ4v) is 8.51. The molecule has 0 radical (unpaired) electrons. The van der Waals surface area contributed by atoms with Crippen LogP contribution in [0.3, 0.4) is 0 Å². The van der Waals surface area contributed by atoms with E-state index < -0.39 is 168 Å². The van der Waals surface area contributed by atoms with E-state index >= 15 is 0 Å². The molecule has 3 heterocycles. The van der Waals surface area contributed by atoms with Crippen molar-refractivity contribution in [2.24, 2.45) is 11.7 Å². The Morgan fingerprint density at radius 2 is 1.42 bits per heavy atom. The molecular formula is C39H62N8O19S. The number of benzene rings is 1. The fourth-order valence-electron chi connectivity index (χ4n) is 8.15. The summed E-state index contributed by atoms with van der Waals surface area (Å²) < 4.78 is 36.5. The van der Waals surface area contributed by atoms with Crippen LogP contribution in [0.15, 0.2) is 18.2 Å². The number of nitrogens with two attached hydrogens (primary N) is 1. The number of nitrogens with zero attached hydrogens (tertiary/aromatic N) is 3. The molecule has 6 amide bonds. The van der Waals surface area contributed by atoms with E-state index in [1.165, 1.54) is 11.8 Å². The van der Waals surface area contributed by atoms with Crippen molar-refractivity contribution in [3.63, 3.8) is 0 Å². The summed E-state index contributed by atoms with van der Waals surface area (Å²) in [5, 5.41) is 105. The zero-order valence-electron chi connectivity index (χ0n) is 36.7. The summed E-state index contributed by atoms with van der Waals surface area (Å²) in [5.41, 5.74) is 5.94. The lowest BCUT2D eigenvalue weighted by molar-refractivity contribution is -0.147. The Hall–Kier alpha value is -4.85. The van der Waals surface area contributed by atoms with Crippen LogP contribution in [0.2, 0.25) is 0 Å². The number of phenols is 1. The minimum Gasteiger partial charge on any atom is -0.504 e. The molecule has 67 heavy (non-hydrogen) atoms. The van der Waals surface area contributed by atoms with E-state index in [1.807, 2.05) is 0 Å². The molecular weight excluding hydrogens is 917 g/mol. The maximum Gasteiger partial charge on any atom is 0.446 e. The highest BCUT2D eigenvalue weighted by atomic mass is 32.3. The van der Waals surface area contributed by atoms with Crippen LogP contribution in [0.4, 0.5) is 0 Å². The molecule has 0 aromatic heterocycles. The maximum absolute atomic E-state index is 14.6. The highest BCUT2D eigenvalue weighted by Crippen LogP contribution is 2.30. The molecule has 28 heteroatoms. The van der Waals surface area contributed by atoms with Crippen molar-refractivity contribution in [2.75, 3.05) is 52.5 Å². The normalized spacial score (nSPS) is 30.0. The van der Waals surface area contributed by atoms with Gasteiger partial charge in [0.2, 0.25) is 35.4 Å². The van der Waals surface area contributed by atoms with Gasteiger partial charge in [0.25, 0.3) is 0 Å². The highest BCUT2D eigenvalue weighted by molar-refractivity contribution is 7.81. The molecule has 0 bridgehead atoms. The quantitative estimate of drug-likeness (QED) is 0.0770. The van der Waals surface area contributed by atoms with E-state index in [0.29, 0.717) is 0 Å². The predicted molar refractivity (Wildman–Crippen MR) is 227 cm³/mol. The first-order valence-corrected chi connectivity index (χ1v) is 22.8. The summed E-state index contributed by atoms with van der Waals surface area (Å²) >= 11 is 0. The van der Waals surface area contributed by atoms with Gasteiger partial charge in [0.1, 0.15) is 30.2 Å². The van der Waals surface area contributed by atoms with Crippen LogP contribution in [0, 0.1) is 5.92 Å². The second-order valence-electron chi connectivity index (χ2n) is 17.0. The number of phenolic OH excluding ortho intramolecular Hbond substituents is 1. The first-order valence-electron chi connectivity index (χ1n) is 21.4. The second-order valence-corrected chi connectivity index (χ2v) is 18.0. The number of amides is 6. The van der Waals surface area contributed by atoms with Crippen LogP contribution < -0.4 is 31.2 Å². The highest BCUT2D eigenvalue weighted by Gasteiger charge is 2.49. The standard InChI is InChI=1S/C39H62N8O19S/c1-18-16-47-32(33(18)56)37(60)41-15-21(51)13-23(40)34(57)42-29(19(2)50)38(61)46-17-22(52)14-24(46)35(58)43-30(27(55)11-20-3-4-25(53)28(12-20)66-67(63,64)65)36(59)44-31(39(47)62)26(54)5-6-45(7-9-48)8-10-49/h3-4,12,18-19,21-24,26-27,29-33,48-56H,5-11,13-17,40H2,1-2H3,(H,41,60)(H,42,57)(H,43,58)(H,44,59)(H,63,64,65)/t18-,19+,21+,22+,23-,24-,26+,27+,29-,30-,31-,32-,33-/m0/s1. The summed E-state index contributed by atoms with van der Waals surface area (Å²) in [6, 6.07) is -8.09. The van der Waals surface area contributed by atoms with Crippen LogP contribution >= 0.6 is 0 Å². The van der Waals surface area contributed by atoms with Gasteiger partial charge in [-0.15, -0.1) is 0 Å². The molecule has 378 valence electrons. The minimum absolute atomic E-state index is 0.0131. The first-order chi connectivity index (χ1) is 31.4. The summed E-state index contributed by atoms with van der Waals surface area (Å²) in [6.07, 6.45) is -12.2. The number of aromatic hydroxyl groups is 1. The Bertz CT molecular complexity index is 2030. The molecule has 4 rings (SSSR count). The van der Waals surface area contributed by atoms with Gasteiger partial charge in [-0.1, -0.05) is 13.0 Å². The third-order valence-corrected chi connectivity index (χ3v) is 12.1. The molecule has 0 aliphatic carbocycles. The van der Waals surface area contributed by atoms with Crippen molar-refractivity contribution in [1.82, 2.24) is 36.0 Å². The van der Waals surface area contributed by atoms with E-state index in [-0.39, 0.29) is 51.4 Å². The molecule has 3 saturated heterocycles. The Morgan fingerprint density at radius 1 is 0.806 bits per heavy atom. The van der Waals surface area contributed by atoms with Gasteiger partial charge in [0.05, 0.1) is 55.9 Å². The van der Waals surface area contributed by atoms with Gasteiger partial charge >= 0.3 is 10.4 Å². The smallest absolute Gasteiger partial charge is 0.446 e. The number of aliphatic hydroxyl groups excluding tert-OH is 8. The van der Waals surface area contributed by atoms with E-state index in [0.717, 1.165) is 34.9 Å². The van der Waals surface area contributed by atoms with Gasteiger partial charge in [-0.3, -0.25) is 38.2 Å². The topological polar surface area (TPSA) is 432 Å². The van der Waals surface area contributed by atoms with Crippen LogP contribution in [-0.2, 0) is 45.6 Å². The Kier molecular flexibility index (Phi) is 19.6. The van der Waals surface area contributed by atoms with Gasteiger partial charge in [0.15, 0.2) is 11.5 Å². The van der Waals surface area contributed by atoms with E-state index in [1.54, 1.807) is 0 Å². The van der Waals surface area contributed by atoms with Gasteiger partial charge in [-0.05, 0) is 37.5 Å². The molecule has 0 spiro atoms. The second kappa shape index (κ2) is 23.9. The zero-order chi connectivity index (χ0) is 50.1. The van der Waals surface area contributed by atoms with Gasteiger partial charge in [-0.2, -0.15) is 8.42 Å². The molecule has 13 atom stereocenters. The summed E-state index contributed by atoms with van der Waals surface area (Å²) in [6.45, 7) is 0.350. The average molecular weight is 979 g/mol. The minimum atomic E-state index is -5.19. The van der Waals surface area contributed by atoms with Crippen LogP contribution in [0.25, 0.3) is 0 Å². The number of hydrogen-bond acceptors (Lipinski definition) is 20. The van der Waals surface area contributed by atoms with Crippen LogP contribution in [0.5, 0.6) is 11.5 Å². The summed E-state index contributed by atoms with van der Waals surface area (Å²) in [4.78, 5) is 87.5. The Labute approximate surface area is 384 Å². The van der Waals surface area contributed by atoms with Gasteiger partial charge < -0.3 is 86.9 Å². The molecule has 1 aromatic rings. The average Bonchev–Trinajstić information content (AvgIpc) is 3.79. The van der Waals surface area contributed by atoms with Crippen molar-refractivity contribution in [1.29, 1.82) is 0 Å². The number of rotatable bonds is 14. The molecule has 3 aliphatic rings. The number of aliphatic hydroxyl groups is 8. The lowest BCUT2D eigenvalue weighted by Gasteiger charge is -2.34. The molecule has 0 saturated carbocycles. The Morgan fingerprint density at radius 3 is 2.03 bits per heavy atom. The Balaban J connectivity index is 1.85. The van der Waals surface area contributed by atoms with Gasteiger partial charge in [-0.25, -0.2) is 0 Å². The molecule has 0 unspecified atom stereocenters. The molecule has 16 N–H and O–H groups in total. The fraction of sp³-hybridized carbons (Fsp3) is 0.692. The third-order valence-electron chi connectivity index (χ3n) is 11.7. The molecule has 3 aliphatic heterocycles. The third kappa shape index (κ3) is 14.6. The zero-order valence-corrected chi connectivity index (χ0v) is 37.5. The van der Waals surface area contributed by atoms with Crippen molar-refractivity contribution < 1.29 is 91.9 Å². The summed E-state index contributed by atoms with van der Waals surface area (Å²) in [7, 11) is -5.19. The van der Waals surface area contributed by atoms with Crippen LogP contribution in [0.1, 0.15) is 38.7 Å². The number of nitrogens with one attached hydrogen (secondary N) is 4. The lowest BCUT2D eigenvalue weighted by atomic mass is 9.98. The van der Waals surface area contributed by atoms with E-state index in [4.69, 9.17) is 5.73 Å². The number of β-amino-alcohol motifs (C(OH)–C–C–N with tert-alkyl or cyclic N) is 1. The lowest BCUT2D eigenvalue weighted by Crippen LogP contribution is -2.64. The van der Waals surface area contributed by atoms with Crippen molar-refractivity contribution in [3.05, 3.63) is 23.8 Å². The maximum atomic E-state index is 14.6. The molecule has 3 fully saturated rings. The van der Waals surface area contributed by atoms with Crippen molar-refractivity contribution >= 4 is 45.8 Å². The number of fused-ring (bicyclic) bond motifs is 2. The predicted octanol–water partition coefficient (Wildman–Crippen LogP) is -8.27. The van der Waals surface area contributed by atoms with Crippen molar-refractivity contribution in [3.8, 4) is 11.5 Å². The summed E-state index contributed by atoms with van der Waals surface area (Å²) in [5.74, 6) is -9.35. The number of carbonyl (C=O) groups is 6. The molecule has 27 nitrogen and oxygen atoms in total. The van der Waals surface area contributed by atoms with E-state index in [2.05, 4.69) is 25.5 Å². The van der Waals surface area contributed by atoms with Crippen LogP contribution in [-0.4, -0.2) is 234 Å². The SMILES string of the molecule is C[C@@H](O)[C@@H]1NC(=O)[C@@H](N)C[C@@H](O)CNC(=O)[C@@H]2[C@@H](O)[C@@H](C)CN2C(=O)[C@H]([C@H](O)CCN(CCO)CCO)NC(=O)[C@H]([C@H](O)Cc2ccc(O)c(OS(=O)(=O)O)c2)NC(=O)[C@@H]2C[C@@H](O)CN2C1=O. The largest absolute Gasteiger partial charge is 0.504 e. The number of hydrogen-bond donors (Lipinski definition) is 15. The molecule has 1 aromatic carbocycles.